The summed E-state index contributed by atoms with van der Waals surface area (Å²) in [7, 11) is 0. The number of aromatic nitrogens is 2. The van der Waals surface area contributed by atoms with Crippen LogP contribution >= 0.6 is 23.4 Å². The van der Waals surface area contributed by atoms with Crippen molar-refractivity contribution in [3.8, 4) is 0 Å². The predicted molar refractivity (Wildman–Crippen MR) is 112 cm³/mol. The van der Waals surface area contributed by atoms with Crippen molar-refractivity contribution < 1.29 is 9.21 Å². The van der Waals surface area contributed by atoms with E-state index in [1.54, 1.807) is 0 Å². The Hall–Kier alpha value is -2.31. The lowest BCUT2D eigenvalue weighted by Crippen LogP contribution is -2.30. The SMILES string of the molecule is CC(C)(C)c1nnc(SCC(=O)NC(c2ccccc2)c2ccc(Cl)cc2)o1. The molecule has 0 aliphatic rings. The number of thioether (sulfide) groups is 1. The summed E-state index contributed by atoms with van der Waals surface area (Å²) < 4.78 is 5.63. The van der Waals surface area contributed by atoms with Crippen molar-refractivity contribution in [3.05, 3.63) is 76.6 Å². The zero-order chi connectivity index (χ0) is 20.1. The van der Waals surface area contributed by atoms with Gasteiger partial charge in [-0.2, -0.15) is 0 Å². The van der Waals surface area contributed by atoms with E-state index in [2.05, 4.69) is 15.5 Å². The van der Waals surface area contributed by atoms with Gasteiger partial charge in [0.05, 0.1) is 11.8 Å². The fraction of sp³-hybridized carbons (Fsp3) is 0.286. The minimum Gasteiger partial charge on any atom is -0.415 e. The number of nitrogens with zero attached hydrogens (tertiary/aromatic N) is 2. The number of nitrogens with one attached hydrogen (secondary N) is 1. The Labute approximate surface area is 173 Å². The molecule has 2 aromatic carbocycles. The fourth-order valence-electron chi connectivity index (χ4n) is 2.56. The molecule has 0 aliphatic heterocycles. The van der Waals surface area contributed by atoms with E-state index in [1.165, 1.54) is 11.8 Å². The van der Waals surface area contributed by atoms with Gasteiger partial charge in [0.25, 0.3) is 5.22 Å². The Bertz CT molecular complexity index is 921. The summed E-state index contributed by atoms with van der Waals surface area (Å²) in [6.45, 7) is 5.99. The molecule has 1 N–H and O–H groups in total. The number of rotatable bonds is 6. The average molecular weight is 416 g/mol. The molecule has 28 heavy (non-hydrogen) atoms. The number of halogens is 1. The summed E-state index contributed by atoms with van der Waals surface area (Å²) in [4.78, 5) is 12.6. The zero-order valence-electron chi connectivity index (χ0n) is 16.0. The second-order valence-electron chi connectivity index (χ2n) is 7.37. The third-order valence-electron chi connectivity index (χ3n) is 4.02. The predicted octanol–water partition coefficient (Wildman–Crippen LogP) is 5.02. The molecule has 0 radical (unpaired) electrons. The average Bonchev–Trinajstić information content (AvgIpc) is 3.16. The lowest BCUT2D eigenvalue weighted by Gasteiger charge is -2.20. The molecule has 0 bridgehead atoms. The van der Waals surface area contributed by atoms with Crippen LogP contribution in [0.1, 0.15) is 43.8 Å². The normalized spacial score (nSPS) is 12.6. The number of carbonyl (C=O) groups is 1. The molecule has 1 aromatic heterocycles. The molecule has 5 nitrogen and oxygen atoms in total. The fourth-order valence-corrected chi connectivity index (χ4v) is 3.26. The van der Waals surface area contributed by atoms with Gasteiger partial charge in [-0.1, -0.05) is 86.6 Å². The number of carbonyl (C=O) groups excluding carboxylic acids is 1. The van der Waals surface area contributed by atoms with E-state index < -0.39 is 0 Å². The van der Waals surface area contributed by atoms with Crippen LogP contribution in [-0.4, -0.2) is 21.9 Å². The molecule has 3 rings (SSSR count). The Morgan fingerprint density at radius 3 is 2.32 bits per heavy atom. The maximum atomic E-state index is 12.6. The lowest BCUT2D eigenvalue weighted by molar-refractivity contribution is -0.119. The van der Waals surface area contributed by atoms with Crippen LogP contribution in [0, 0.1) is 0 Å². The molecule has 1 heterocycles. The first-order chi connectivity index (χ1) is 13.3. The van der Waals surface area contributed by atoms with Crippen LogP contribution < -0.4 is 5.32 Å². The van der Waals surface area contributed by atoms with Crippen molar-refractivity contribution in [1.82, 2.24) is 15.5 Å². The Balaban J connectivity index is 1.69. The minimum absolute atomic E-state index is 0.121. The van der Waals surface area contributed by atoms with Gasteiger partial charge in [0.15, 0.2) is 0 Å². The summed E-state index contributed by atoms with van der Waals surface area (Å²) in [6, 6.07) is 17.0. The van der Waals surface area contributed by atoms with Crippen molar-refractivity contribution >= 4 is 29.3 Å². The highest BCUT2D eigenvalue weighted by molar-refractivity contribution is 7.99. The van der Waals surface area contributed by atoms with E-state index >= 15 is 0 Å². The van der Waals surface area contributed by atoms with E-state index in [0.29, 0.717) is 16.1 Å². The summed E-state index contributed by atoms with van der Waals surface area (Å²) in [5.74, 6) is 0.617. The van der Waals surface area contributed by atoms with Crippen LogP contribution in [0.3, 0.4) is 0 Å². The van der Waals surface area contributed by atoms with Gasteiger partial charge in [-0.25, -0.2) is 0 Å². The quantitative estimate of drug-likeness (QED) is 0.572. The highest BCUT2D eigenvalue weighted by atomic mass is 35.5. The van der Waals surface area contributed by atoms with Crippen molar-refractivity contribution in [2.24, 2.45) is 0 Å². The van der Waals surface area contributed by atoms with E-state index in [4.69, 9.17) is 16.0 Å². The van der Waals surface area contributed by atoms with Gasteiger partial charge in [-0.15, -0.1) is 10.2 Å². The molecule has 0 spiro atoms. The van der Waals surface area contributed by atoms with Crippen LogP contribution in [0.25, 0.3) is 0 Å². The molecule has 1 unspecified atom stereocenters. The highest BCUT2D eigenvalue weighted by Crippen LogP contribution is 2.26. The maximum absolute atomic E-state index is 12.6. The molecule has 1 atom stereocenters. The molecular formula is C21H22ClN3O2S. The number of benzene rings is 2. The third-order valence-corrected chi connectivity index (χ3v) is 5.09. The van der Waals surface area contributed by atoms with E-state index in [9.17, 15) is 4.79 Å². The van der Waals surface area contributed by atoms with Gasteiger partial charge in [0.1, 0.15) is 0 Å². The van der Waals surface area contributed by atoms with Crippen molar-refractivity contribution in [1.29, 1.82) is 0 Å². The van der Waals surface area contributed by atoms with Crippen LogP contribution in [0.4, 0.5) is 0 Å². The molecule has 0 aliphatic carbocycles. The molecule has 0 saturated heterocycles. The zero-order valence-corrected chi connectivity index (χ0v) is 17.6. The number of hydrogen-bond acceptors (Lipinski definition) is 5. The molecule has 3 aromatic rings. The molecule has 0 saturated carbocycles. The molecule has 7 heteroatoms. The third kappa shape index (κ3) is 5.36. The first-order valence-corrected chi connectivity index (χ1v) is 10.3. The molecule has 146 valence electrons. The van der Waals surface area contributed by atoms with Crippen molar-refractivity contribution in [2.75, 3.05) is 5.75 Å². The Kier molecular flexibility index (Phi) is 6.42. The van der Waals surface area contributed by atoms with E-state index in [-0.39, 0.29) is 23.1 Å². The van der Waals surface area contributed by atoms with Gasteiger partial charge >= 0.3 is 0 Å². The maximum Gasteiger partial charge on any atom is 0.277 e. The van der Waals surface area contributed by atoms with Gasteiger partial charge in [-0.3, -0.25) is 4.79 Å². The number of amides is 1. The summed E-state index contributed by atoms with van der Waals surface area (Å²) in [5.41, 5.74) is 1.74. The Morgan fingerprint density at radius 2 is 1.71 bits per heavy atom. The van der Waals surface area contributed by atoms with E-state index in [0.717, 1.165) is 11.1 Å². The Morgan fingerprint density at radius 1 is 1.07 bits per heavy atom. The van der Waals surface area contributed by atoms with Gasteiger partial charge in [-0.05, 0) is 23.3 Å². The second kappa shape index (κ2) is 8.80. The second-order valence-corrected chi connectivity index (χ2v) is 8.74. The first-order valence-electron chi connectivity index (χ1n) is 8.89. The van der Waals surface area contributed by atoms with Crippen molar-refractivity contribution in [3.63, 3.8) is 0 Å². The number of hydrogen-bond donors (Lipinski definition) is 1. The highest BCUT2D eigenvalue weighted by Gasteiger charge is 2.22. The topological polar surface area (TPSA) is 68.0 Å². The minimum atomic E-state index is -0.264. The van der Waals surface area contributed by atoms with Crippen LogP contribution in [0.15, 0.2) is 64.2 Å². The summed E-state index contributed by atoms with van der Waals surface area (Å²) in [6.07, 6.45) is 0. The van der Waals surface area contributed by atoms with E-state index in [1.807, 2.05) is 75.4 Å². The molecular weight excluding hydrogens is 394 g/mol. The molecule has 1 amide bonds. The molecule has 0 fully saturated rings. The largest absolute Gasteiger partial charge is 0.415 e. The van der Waals surface area contributed by atoms with Crippen LogP contribution in [0.5, 0.6) is 0 Å². The first kappa shape index (κ1) is 20.4. The smallest absolute Gasteiger partial charge is 0.277 e. The van der Waals surface area contributed by atoms with Gasteiger partial charge in [0.2, 0.25) is 11.8 Å². The summed E-state index contributed by atoms with van der Waals surface area (Å²) in [5, 5.41) is 12.2. The van der Waals surface area contributed by atoms with Crippen LogP contribution in [0.2, 0.25) is 5.02 Å². The monoisotopic (exact) mass is 415 g/mol. The van der Waals surface area contributed by atoms with Crippen LogP contribution in [-0.2, 0) is 10.2 Å². The lowest BCUT2D eigenvalue weighted by atomic mass is 9.97. The van der Waals surface area contributed by atoms with Gasteiger partial charge < -0.3 is 9.73 Å². The standard InChI is InChI=1S/C21H22ClN3O2S/c1-21(2,3)19-24-25-20(27-19)28-13-17(26)23-18(14-7-5-4-6-8-14)15-9-11-16(22)12-10-15/h4-12,18H,13H2,1-3H3,(H,23,26). The van der Waals surface area contributed by atoms with Gasteiger partial charge in [0, 0.05) is 10.4 Å². The van der Waals surface area contributed by atoms with Crippen molar-refractivity contribution in [2.45, 2.75) is 37.5 Å². The summed E-state index contributed by atoms with van der Waals surface area (Å²) >= 11 is 7.23.